The van der Waals surface area contributed by atoms with Gasteiger partial charge in [-0.3, -0.25) is 14.9 Å². The quantitative estimate of drug-likeness (QED) is 0.813. The molecule has 2 N–H and O–H groups in total. The highest BCUT2D eigenvalue weighted by atomic mass is 16.2. The molecule has 5 nitrogen and oxygen atoms in total. The number of nitrogens with zero attached hydrogens (tertiary/aromatic N) is 1. The van der Waals surface area contributed by atoms with Gasteiger partial charge in [0, 0.05) is 24.3 Å². The molecule has 2 aliphatic heterocycles. The van der Waals surface area contributed by atoms with Crippen LogP contribution in [-0.4, -0.2) is 42.4 Å². The number of likely N-dealkylation sites (tertiary alicyclic amines) is 1. The summed E-state index contributed by atoms with van der Waals surface area (Å²) in [6.07, 6.45) is 1.07. The molecule has 112 valence electrons. The number of imide groups is 1. The lowest BCUT2D eigenvalue weighted by atomic mass is 9.89. The molecule has 1 saturated heterocycles. The summed E-state index contributed by atoms with van der Waals surface area (Å²) >= 11 is 0. The van der Waals surface area contributed by atoms with Crippen molar-refractivity contribution in [2.45, 2.75) is 32.4 Å². The normalized spacial score (nSPS) is 29.2. The van der Waals surface area contributed by atoms with Crippen molar-refractivity contribution in [2.75, 3.05) is 18.9 Å². The van der Waals surface area contributed by atoms with Crippen molar-refractivity contribution >= 4 is 17.5 Å². The van der Waals surface area contributed by atoms with E-state index in [-0.39, 0.29) is 11.8 Å². The molecule has 0 spiro atoms. The average molecular weight is 287 g/mol. The van der Waals surface area contributed by atoms with Crippen LogP contribution in [0.4, 0.5) is 5.69 Å². The number of rotatable bonds is 2. The Morgan fingerprint density at radius 1 is 1.19 bits per heavy atom. The molecular formula is C16H21N3O2. The predicted octanol–water partition coefficient (Wildman–Crippen LogP) is 1.71. The first-order valence-corrected chi connectivity index (χ1v) is 7.42. The molecule has 0 aromatic heterocycles. The third-order valence-corrected chi connectivity index (χ3v) is 4.70. The van der Waals surface area contributed by atoms with E-state index in [0.29, 0.717) is 29.1 Å². The fraction of sp³-hybridized carbons (Fsp3) is 0.500. The number of hydrogen-bond acceptors (Lipinski definition) is 4. The van der Waals surface area contributed by atoms with E-state index in [0.717, 1.165) is 18.7 Å². The minimum atomic E-state index is -0.303. The Balaban J connectivity index is 1.78. The Bertz CT molecular complexity index is 599. The number of anilines is 1. The van der Waals surface area contributed by atoms with Crippen LogP contribution in [-0.2, 0) is 0 Å². The van der Waals surface area contributed by atoms with Gasteiger partial charge in [0.05, 0.1) is 11.1 Å². The van der Waals surface area contributed by atoms with Crippen LogP contribution in [0.1, 0.15) is 41.0 Å². The van der Waals surface area contributed by atoms with Gasteiger partial charge in [-0.1, -0.05) is 6.92 Å². The van der Waals surface area contributed by atoms with Gasteiger partial charge in [0.25, 0.3) is 11.8 Å². The van der Waals surface area contributed by atoms with Crippen LogP contribution in [0, 0.1) is 5.92 Å². The summed E-state index contributed by atoms with van der Waals surface area (Å²) in [4.78, 5) is 25.6. The van der Waals surface area contributed by atoms with Crippen molar-refractivity contribution in [1.82, 2.24) is 10.2 Å². The Kier molecular flexibility index (Phi) is 3.45. The summed E-state index contributed by atoms with van der Waals surface area (Å²) in [6.45, 7) is 5.53. The van der Waals surface area contributed by atoms with E-state index in [1.165, 1.54) is 0 Å². The summed E-state index contributed by atoms with van der Waals surface area (Å²) in [7, 11) is 2.16. The van der Waals surface area contributed by atoms with Crippen molar-refractivity contribution in [1.29, 1.82) is 0 Å². The lowest BCUT2D eigenvalue weighted by Crippen LogP contribution is -2.48. The molecule has 0 saturated carbocycles. The molecule has 1 fully saturated rings. The van der Waals surface area contributed by atoms with Crippen molar-refractivity contribution in [3.05, 3.63) is 29.3 Å². The average Bonchev–Trinajstić information content (AvgIpc) is 2.71. The highest BCUT2D eigenvalue weighted by molar-refractivity contribution is 6.21. The maximum atomic E-state index is 11.7. The van der Waals surface area contributed by atoms with Gasteiger partial charge in [-0.2, -0.15) is 0 Å². The molecule has 3 unspecified atom stereocenters. The van der Waals surface area contributed by atoms with Crippen molar-refractivity contribution in [3.63, 3.8) is 0 Å². The fourth-order valence-electron chi connectivity index (χ4n) is 3.21. The first kappa shape index (κ1) is 14.1. The molecule has 0 aliphatic carbocycles. The zero-order valence-electron chi connectivity index (χ0n) is 12.6. The van der Waals surface area contributed by atoms with Gasteiger partial charge in [-0.25, -0.2) is 0 Å². The van der Waals surface area contributed by atoms with Crippen LogP contribution in [0.5, 0.6) is 0 Å². The monoisotopic (exact) mass is 287 g/mol. The Labute approximate surface area is 124 Å². The third-order valence-electron chi connectivity index (χ3n) is 4.70. The van der Waals surface area contributed by atoms with E-state index in [1.54, 1.807) is 12.1 Å². The molecule has 21 heavy (non-hydrogen) atoms. The number of amides is 2. The molecule has 1 aromatic rings. The second kappa shape index (κ2) is 5.15. The lowest BCUT2D eigenvalue weighted by molar-refractivity contribution is 0.0879. The number of nitrogens with one attached hydrogen (secondary N) is 2. The molecule has 2 heterocycles. The van der Waals surface area contributed by atoms with E-state index >= 15 is 0 Å². The number of carbonyl (C=O) groups excluding carboxylic acids is 2. The molecule has 5 heteroatoms. The predicted molar refractivity (Wildman–Crippen MR) is 81.5 cm³/mol. The van der Waals surface area contributed by atoms with E-state index in [4.69, 9.17) is 0 Å². The smallest absolute Gasteiger partial charge is 0.259 e. The zero-order valence-corrected chi connectivity index (χ0v) is 12.6. The van der Waals surface area contributed by atoms with E-state index < -0.39 is 0 Å². The summed E-state index contributed by atoms with van der Waals surface area (Å²) in [5.41, 5.74) is 1.85. The third kappa shape index (κ3) is 2.53. The van der Waals surface area contributed by atoms with E-state index in [2.05, 4.69) is 36.4 Å². The van der Waals surface area contributed by atoms with Crippen LogP contribution in [0.15, 0.2) is 18.2 Å². The first-order chi connectivity index (χ1) is 9.95. The highest BCUT2D eigenvalue weighted by Crippen LogP contribution is 2.26. The van der Waals surface area contributed by atoms with Gasteiger partial charge >= 0.3 is 0 Å². The molecule has 0 radical (unpaired) electrons. The first-order valence-electron chi connectivity index (χ1n) is 7.42. The van der Waals surface area contributed by atoms with Crippen molar-refractivity contribution < 1.29 is 9.59 Å². The Morgan fingerprint density at radius 3 is 2.67 bits per heavy atom. The maximum absolute atomic E-state index is 11.7. The minimum Gasteiger partial charge on any atom is -0.382 e. The maximum Gasteiger partial charge on any atom is 0.259 e. The van der Waals surface area contributed by atoms with Gasteiger partial charge in [0.2, 0.25) is 0 Å². The molecular weight excluding hydrogens is 266 g/mol. The van der Waals surface area contributed by atoms with Gasteiger partial charge in [-0.05, 0) is 44.5 Å². The summed E-state index contributed by atoms with van der Waals surface area (Å²) in [5.74, 6) is -0.0683. The van der Waals surface area contributed by atoms with Gasteiger partial charge in [0.15, 0.2) is 0 Å². The molecule has 3 atom stereocenters. The summed E-state index contributed by atoms with van der Waals surface area (Å²) in [6, 6.07) is 6.31. The number of hydrogen-bond donors (Lipinski definition) is 2. The van der Waals surface area contributed by atoms with Crippen LogP contribution < -0.4 is 10.6 Å². The highest BCUT2D eigenvalue weighted by Gasteiger charge is 2.30. The fourth-order valence-corrected chi connectivity index (χ4v) is 3.21. The Hall–Kier alpha value is -1.88. The van der Waals surface area contributed by atoms with Crippen molar-refractivity contribution in [3.8, 4) is 0 Å². The Morgan fingerprint density at radius 2 is 1.90 bits per heavy atom. The zero-order chi connectivity index (χ0) is 15.1. The summed E-state index contributed by atoms with van der Waals surface area (Å²) < 4.78 is 0. The van der Waals surface area contributed by atoms with Crippen LogP contribution in [0.2, 0.25) is 0 Å². The standard InChI is InChI=1S/C16H21N3O2/c1-9-8-19(3)10(2)6-14(9)17-11-4-5-12-13(7-11)16(21)18-15(12)20/h4-5,7,9-10,14,17H,6,8H2,1-3H3,(H,18,20,21). The van der Waals surface area contributed by atoms with E-state index in [1.807, 2.05) is 6.07 Å². The summed E-state index contributed by atoms with van der Waals surface area (Å²) in [5, 5.41) is 5.85. The van der Waals surface area contributed by atoms with Crippen LogP contribution in [0.25, 0.3) is 0 Å². The number of fused-ring (bicyclic) bond motifs is 1. The van der Waals surface area contributed by atoms with Gasteiger partial charge < -0.3 is 10.2 Å². The topological polar surface area (TPSA) is 61.4 Å². The van der Waals surface area contributed by atoms with Crippen LogP contribution in [0.3, 0.4) is 0 Å². The SMILES string of the molecule is CC1CN(C)C(C)CC1Nc1ccc2c(c1)C(=O)NC2=O. The number of piperidine rings is 1. The molecule has 2 amide bonds. The lowest BCUT2D eigenvalue weighted by Gasteiger charge is -2.40. The van der Waals surface area contributed by atoms with Gasteiger partial charge in [-0.15, -0.1) is 0 Å². The second-order valence-corrected chi connectivity index (χ2v) is 6.30. The molecule has 2 aliphatic rings. The second-order valence-electron chi connectivity index (χ2n) is 6.30. The number of carbonyl (C=O) groups is 2. The minimum absolute atomic E-state index is 0.302. The van der Waals surface area contributed by atoms with Crippen LogP contribution >= 0.6 is 0 Å². The molecule has 0 bridgehead atoms. The molecule has 3 rings (SSSR count). The molecule has 1 aromatic carbocycles. The van der Waals surface area contributed by atoms with Gasteiger partial charge in [0.1, 0.15) is 0 Å². The largest absolute Gasteiger partial charge is 0.382 e. The van der Waals surface area contributed by atoms with Crippen molar-refractivity contribution in [2.24, 2.45) is 5.92 Å². The van der Waals surface area contributed by atoms with E-state index in [9.17, 15) is 9.59 Å². The number of benzene rings is 1.